The molecule has 0 aliphatic heterocycles. The maximum atomic E-state index is 9.98. The predicted octanol–water partition coefficient (Wildman–Crippen LogP) is 8.94. The lowest BCUT2D eigenvalue weighted by atomic mass is 10.4. The van der Waals surface area contributed by atoms with Crippen molar-refractivity contribution in [2.45, 2.75) is 142 Å². The molecule has 0 aromatic carbocycles. The summed E-state index contributed by atoms with van der Waals surface area (Å²) in [5.41, 5.74) is 0. The van der Waals surface area contributed by atoms with Crippen LogP contribution in [0, 0.1) is 0 Å². The van der Waals surface area contributed by atoms with Gasteiger partial charge in [0, 0.05) is 54.0 Å². The van der Waals surface area contributed by atoms with Gasteiger partial charge in [-0.3, -0.25) is 4.79 Å². The predicted molar refractivity (Wildman–Crippen MR) is 200 cm³/mol. The highest BCUT2D eigenvalue weighted by Crippen LogP contribution is 1.84. The maximum Gasteiger partial charge on any atom is 0.302 e. The summed E-state index contributed by atoms with van der Waals surface area (Å²) in [6, 6.07) is 0. The van der Waals surface area contributed by atoms with Crippen LogP contribution in [0.15, 0.2) is 0 Å². The van der Waals surface area contributed by atoms with Crippen LogP contribution in [0.25, 0.3) is 0 Å². The minimum absolute atomic E-state index is 0. The Morgan fingerprint density at radius 2 is 0.660 bits per heavy atom. The van der Waals surface area contributed by atoms with Crippen LogP contribution < -0.4 is 0 Å². The van der Waals surface area contributed by atoms with Gasteiger partial charge in [0.15, 0.2) is 0 Å². The third-order valence-electron chi connectivity index (χ3n) is 4.14. The van der Waals surface area contributed by atoms with Gasteiger partial charge < -0.3 is 42.7 Å². The van der Waals surface area contributed by atoms with Crippen molar-refractivity contribution in [2.75, 3.05) is 86.9 Å². The van der Waals surface area contributed by atoms with Gasteiger partial charge in [-0.25, -0.2) is 0 Å². The Morgan fingerprint density at radius 1 is 0.404 bits per heavy atom. The third kappa shape index (κ3) is 159. The van der Waals surface area contributed by atoms with Crippen molar-refractivity contribution in [3.8, 4) is 0 Å². The van der Waals surface area contributed by atoms with Crippen molar-refractivity contribution in [2.24, 2.45) is 0 Å². The van der Waals surface area contributed by atoms with Gasteiger partial charge in [0.05, 0.1) is 46.2 Å². The van der Waals surface area contributed by atoms with E-state index in [0.717, 1.165) is 58.5 Å². The Labute approximate surface area is 293 Å². The van der Waals surface area contributed by atoms with Crippen LogP contribution in [-0.4, -0.2) is 104 Å². The molecule has 0 rings (SSSR count). The summed E-state index contributed by atoms with van der Waals surface area (Å²) in [4.78, 5) is 29.2. The Hall–Kier alpha value is -1.43. The van der Waals surface area contributed by atoms with E-state index in [1.165, 1.54) is 33.6 Å². The fraction of sp³-hybridized carbons (Fsp3) is 0.919. The summed E-state index contributed by atoms with van der Waals surface area (Å²) >= 11 is 0. The average Bonchev–Trinajstić information content (AvgIpc) is 3.02. The summed E-state index contributed by atoms with van der Waals surface area (Å²) in [6.45, 7) is 30.6. The second-order valence-corrected chi connectivity index (χ2v) is 9.74. The molecule has 0 bridgehead atoms. The van der Waals surface area contributed by atoms with Crippen molar-refractivity contribution in [1.29, 1.82) is 0 Å². The minimum atomic E-state index is -0.193. The van der Waals surface area contributed by atoms with Crippen LogP contribution >= 0.6 is 0 Å². The summed E-state index contributed by atoms with van der Waals surface area (Å²) in [5, 5.41) is 0. The molecule has 0 aliphatic rings. The zero-order chi connectivity index (χ0) is 37.1. The molecule has 0 saturated heterocycles. The van der Waals surface area contributed by atoms with E-state index in [1.807, 2.05) is 13.8 Å². The van der Waals surface area contributed by atoms with Gasteiger partial charge in [-0.2, -0.15) is 0 Å². The van der Waals surface area contributed by atoms with E-state index in [9.17, 15) is 14.4 Å². The molecule has 292 valence electrons. The number of ketones is 2. The van der Waals surface area contributed by atoms with Crippen LogP contribution in [0.2, 0.25) is 0 Å². The van der Waals surface area contributed by atoms with Crippen LogP contribution in [-0.2, 0) is 47.5 Å². The van der Waals surface area contributed by atoms with Gasteiger partial charge in [0.1, 0.15) is 11.6 Å². The fourth-order valence-electron chi connectivity index (χ4n) is 1.67. The molecule has 0 saturated carbocycles. The number of carbonyl (C=O) groups is 3. The van der Waals surface area contributed by atoms with Crippen LogP contribution in [0.3, 0.4) is 0 Å². The van der Waals surface area contributed by atoms with Crippen LogP contribution in [0.5, 0.6) is 0 Å². The summed E-state index contributed by atoms with van der Waals surface area (Å²) in [7, 11) is 3.37. The van der Waals surface area contributed by atoms with Gasteiger partial charge in [0.2, 0.25) is 0 Å². The van der Waals surface area contributed by atoms with Crippen molar-refractivity contribution in [1.82, 2.24) is 0 Å². The highest BCUT2D eigenvalue weighted by Gasteiger charge is 1.90. The highest BCUT2D eigenvalue weighted by atomic mass is 16.6. The quantitative estimate of drug-likeness (QED) is 0.0855. The van der Waals surface area contributed by atoms with E-state index in [2.05, 4.69) is 46.3 Å². The number of ether oxygens (including phenoxy) is 7. The zero-order valence-corrected chi connectivity index (χ0v) is 33.0. The molecule has 0 aromatic heterocycles. The lowest BCUT2D eigenvalue weighted by Crippen LogP contribution is -2.11. The van der Waals surface area contributed by atoms with Crippen molar-refractivity contribution in [3.05, 3.63) is 0 Å². The lowest BCUT2D eigenvalue weighted by Gasteiger charge is -2.05. The third-order valence-corrected chi connectivity index (χ3v) is 4.14. The number of rotatable bonds is 21. The molecule has 0 atom stereocenters. The van der Waals surface area contributed by atoms with E-state index in [0.29, 0.717) is 52.7 Å². The summed E-state index contributed by atoms with van der Waals surface area (Å²) in [5.74, 6) is 0.229. The molecule has 0 amide bonds. The lowest BCUT2D eigenvalue weighted by molar-refractivity contribution is -0.141. The Balaban J connectivity index is -0.0000000666. The van der Waals surface area contributed by atoms with E-state index in [1.54, 1.807) is 21.1 Å². The molecule has 0 N–H and O–H groups in total. The van der Waals surface area contributed by atoms with Gasteiger partial charge in [0.25, 0.3) is 0 Å². The first kappa shape index (κ1) is 64.1. The smallest absolute Gasteiger partial charge is 0.302 e. The molecule has 0 heterocycles. The molecule has 0 aromatic rings. The van der Waals surface area contributed by atoms with Gasteiger partial charge >= 0.3 is 5.97 Å². The number of esters is 1. The van der Waals surface area contributed by atoms with E-state index in [4.69, 9.17) is 28.4 Å². The molecule has 0 fully saturated rings. The molecule has 0 aliphatic carbocycles. The van der Waals surface area contributed by atoms with Gasteiger partial charge in [-0.15, -0.1) is 0 Å². The Bertz CT molecular complexity index is 480. The topological polar surface area (TPSA) is 116 Å². The number of hydrogen-bond acceptors (Lipinski definition) is 10. The standard InChI is InChI=1S/C10H22O4.C6H14O.C5H10O2.C4H10O.C4H8O.C4H10.C3H6O.CH4/c1-3-4-12-7-8-14-10-9-13-6-5-11-2;1-3-5-7-6-4-2;1-3-4-7-5(2)6;1-3-4-5-2;1-3-4(2)5;1-3-4-2;1-3(2)4;/h3-10H2,1-2H3;3-6H2,1-2H3;3-4H2,1-2H3;3-4H2,1-2H3;3H2,1-2H3;3-4H2,1-2H3;1-2H3;1H4. The second kappa shape index (κ2) is 75.1. The van der Waals surface area contributed by atoms with E-state index in [-0.39, 0.29) is 25.0 Å². The van der Waals surface area contributed by atoms with Crippen LogP contribution in [0.4, 0.5) is 0 Å². The van der Waals surface area contributed by atoms with E-state index >= 15 is 0 Å². The highest BCUT2D eigenvalue weighted by molar-refractivity contribution is 5.74. The fourth-order valence-corrected chi connectivity index (χ4v) is 1.67. The SMILES string of the molecule is C.CC(C)=O.CCC(C)=O.CCCC.CCCOC.CCCOC(C)=O.CCCOCCC.CCCOCCOCCOCCOC. The van der Waals surface area contributed by atoms with Crippen molar-refractivity contribution in [3.63, 3.8) is 0 Å². The maximum absolute atomic E-state index is 9.98. The zero-order valence-electron chi connectivity index (χ0n) is 33.0. The minimum Gasteiger partial charge on any atom is -0.466 e. The average molecular weight is 689 g/mol. The first-order valence-corrected chi connectivity index (χ1v) is 17.3. The molecule has 0 spiro atoms. The normalized spacial score (nSPS) is 8.72. The number of carbonyl (C=O) groups excluding carboxylic acids is 3. The molecule has 0 radical (unpaired) electrons. The van der Waals surface area contributed by atoms with Crippen LogP contribution in [0.1, 0.15) is 142 Å². The van der Waals surface area contributed by atoms with Crippen molar-refractivity contribution < 1.29 is 47.5 Å². The Morgan fingerprint density at radius 3 is 0.830 bits per heavy atom. The number of methoxy groups -OCH3 is 2. The largest absolute Gasteiger partial charge is 0.466 e. The number of hydrogen-bond donors (Lipinski definition) is 0. The molecule has 0 unspecified atom stereocenters. The van der Waals surface area contributed by atoms with Crippen molar-refractivity contribution >= 4 is 17.5 Å². The first-order chi connectivity index (χ1) is 21.9. The molecular weight excluding hydrogens is 604 g/mol. The Kier molecular flexibility index (Phi) is 102. The summed E-state index contributed by atoms with van der Waals surface area (Å²) < 4.78 is 34.9. The first-order valence-electron chi connectivity index (χ1n) is 17.3. The monoisotopic (exact) mass is 689 g/mol. The summed E-state index contributed by atoms with van der Waals surface area (Å²) in [6.07, 6.45) is 8.66. The molecular formula is C37H84O10. The second-order valence-electron chi connectivity index (χ2n) is 9.74. The number of unbranched alkanes of at least 4 members (excludes halogenated alkanes) is 1. The molecule has 10 heteroatoms. The molecule has 10 nitrogen and oxygen atoms in total. The van der Waals surface area contributed by atoms with Gasteiger partial charge in [-0.1, -0.05) is 75.7 Å². The van der Waals surface area contributed by atoms with Gasteiger partial charge in [-0.05, 0) is 52.9 Å². The number of Topliss-reactive ketones (excluding diaryl/α,β-unsaturated/α-hetero) is 2. The molecule has 47 heavy (non-hydrogen) atoms. The van der Waals surface area contributed by atoms with E-state index < -0.39 is 0 Å².